The molecule has 0 atom stereocenters. The van der Waals surface area contributed by atoms with Crippen molar-refractivity contribution in [1.82, 2.24) is 4.90 Å². The van der Waals surface area contributed by atoms with Gasteiger partial charge in [-0.15, -0.1) is 6.58 Å². The number of amides is 1. The summed E-state index contributed by atoms with van der Waals surface area (Å²) in [5, 5.41) is 2.14. The van der Waals surface area contributed by atoms with Gasteiger partial charge in [0.2, 0.25) is 0 Å². The number of thiocarbonyl (C=S) groups is 1. The zero-order valence-corrected chi connectivity index (χ0v) is 14.2. The minimum Gasteiger partial charge on any atom is -0.496 e. The fourth-order valence-electron chi connectivity index (χ4n) is 2.52. The first-order valence-electron chi connectivity index (χ1n) is 7.07. The van der Waals surface area contributed by atoms with Crippen molar-refractivity contribution in [3.63, 3.8) is 0 Å². The molecule has 0 aromatic heterocycles. The maximum absolute atomic E-state index is 12.5. The van der Waals surface area contributed by atoms with Crippen molar-refractivity contribution in [3.8, 4) is 5.75 Å². The number of carbonyl (C=O) groups is 1. The van der Waals surface area contributed by atoms with Gasteiger partial charge >= 0.3 is 0 Å². The molecular weight excluding hydrogens is 326 g/mol. The fraction of sp³-hybridized carbons (Fsp3) is 0.111. The van der Waals surface area contributed by atoms with Gasteiger partial charge in [0.15, 0.2) is 0 Å². The SMILES string of the molecule is C=CCN1C(=O)C(=Cc2c(OC)ccc3ccccc23)SC1=S. The predicted octanol–water partition coefficient (Wildman–Crippen LogP) is 4.24. The van der Waals surface area contributed by atoms with Crippen LogP contribution in [0.5, 0.6) is 5.75 Å². The van der Waals surface area contributed by atoms with E-state index >= 15 is 0 Å². The van der Waals surface area contributed by atoms with Crippen LogP contribution in [0.2, 0.25) is 0 Å². The van der Waals surface area contributed by atoms with Gasteiger partial charge in [-0.1, -0.05) is 60.4 Å². The molecule has 3 rings (SSSR count). The highest BCUT2D eigenvalue weighted by atomic mass is 32.2. The third-order valence-electron chi connectivity index (χ3n) is 3.61. The topological polar surface area (TPSA) is 29.5 Å². The molecule has 1 heterocycles. The summed E-state index contributed by atoms with van der Waals surface area (Å²) >= 11 is 6.59. The maximum atomic E-state index is 12.5. The molecule has 0 saturated carbocycles. The third-order valence-corrected chi connectivity index (χ3v) is 4.99. The molecule has 1 aliphatic rings. The molecule has 2 aromatic carbocycles. The molecule has 1 saturated heterocycles. The van der Waals surface area contributed by atoms with E-state index in [-0.39, 0.29) is 5.91 Å². The Hall–Kier alpha value is -2.11. The first-order valence-corrected chi connectivity index (χ1v) is 8.30. The normalized spacial score (nSPS) is 16.4. The van der Waals surface area contributed by atoms with E-state index in [0.717, 1.165) is 22.1 Å². The number of hydrogen-bond donors (Lipinski definition) is 0. The zero-order chi connectivity index (χ0) is 16.4. The highest BCUT2D eigenvalue weighted by molar-refractivity contribution is 8.26. The summed E-state index contributed by atoms with van der Waals surface area (Å²) in [6.07, 6.45) is 3.54. The number of methoxy groups -OCH3 is 1. The lowest BCUT2D eigenvalue weighted by molar-refractivity contribution is -0.121. The van der Waals surface area contributed by atoms with Gasteiger partial charge in [-0.3, -0.25) is 9.69 Å². The van der Waals surface area contributed by atoms with Crippen LogP contribution >= 0.6 is 24.0 Å². The first kappa shape index (κ1) is 15.8. The van der Waals surface area contributed by atoms with Gasteiger partial charge in [0.1, 0.15) is 10.1 Å². The van der Waals surface area contributed by atoms with Gasteiger partial charge in [-0.25, -0.2) is 0 Å². The number of nitrogens with zero attached hydrogens (tertiary/aromatic N) is 1. The number of fused-ring (bicyclic) bond motifs is 1. The summed E-state index contributed by atoms with van der Waals surface area (Å²) in [5.41, 5.74) is 0.893. The van der Waals surface area contributed by atoms with Crippen LogP contribution in [0.15, 0.2) is 54.0 Å². The standard InChI is InChI=1S/C18H15NO2S2/c1-3-10-19-17(20)16(23-18(19)22)11-14-13-7-5-4-6-12(13)8-9-15(14)21-2/h3-9,11H,1,10H2,2H3. The van der Waals surface area contributed by atoms with E-state index in [4.69, 9.17) is 17.0 Å². The van der Waals surface area contributed by atoms with Crippen LogP contribution in [0.25, 0.3) is 16.8 Å². The molecule has 0 spiro atoms. The Balaban J connectivity index is 2.12. The molecular formula is C18H15NO2S2. The van der Waals surface area contributed by atoms with Crippen molar-refractivity contribution in [1.29, 1.82) is 0 Å². The fourth-order valence-corrected chi connectivity index (χ4v) is 3.78. The molecule has 1 fully saturated rings. The number of hydrogen-bond acceptors (Lipinski definition) is 4. The molecule has 0 N–H and O–H groups in total. The van der Waals surface area contributed by atoms with Crippen LogP contribution < -0.4 is 4.74 Å². The highest BCUT2D eigenvalue weighted by Gasteiger charge is 2.31. The van der Waals surface area contributed by atoms with Gasteiger partial charge in [0, 0.05) is 12.1 Å². The van der Waals surface area contributed by atoms with Gasteiger partial charge in [0.05, 0.1) is 12.0 Å². The second-order valence-electron chi connectivity index (χ2n) is 4.98. The number of benzene rings is 2. The molecule has 1 aliphatic heterocycles. The largest absolute Gasteiger partial charge is 0.496 e. The smallest absolute Gasteiger partial charge is 0.266 e. The summed E-state index contributed by atoms with van der Waals surface area (Å²) in [4.78, 5) is 14.7. The summed E-state index contributed by atoms with van der Waals surface area (Å²) in [5.74, 6) is 0.646. The molecule has 2 aromatic rings. The molecule has 0 bridgehead atoms. The summed E-state index contributed by atoms with van der Waals surface area (Å²) in [6.45, 7) is 4.09. The van der Waals surface area contributed by atoms with E-state index in [9.17, 15) is 4.79 Å². The van der Waals surface area contributed by atoms with Crippen molar-refractivity contribution >= 4 is 51.1 Å². The maximum Gasteiger partial charge on any atom is 0.266 e. The molecule has 0 radical (unpaired) electrons. The quantitative estimate of drug-likeness (QED) is 0.473. The highest BCUT2D eigenvalue weighted by Crippen LogP contribution is 2.36. The Bertz CT molecular complexity index is 842. The number of ether oxygens (including phenoxy) is 1. The molecule has 0 unspecified atom stereocenters. The third kappa shape index (κ3) is 2.90. The molecule has 0 aliphatic carbocycles. The summed E-state index contributed by atoms with van der Waals surface area (Å²) in [7, 11) is 1.63. The van der Waals surface area contributed by atoms with E-state index in [0.29, 0.717) is 15.8 Å². The lowest BCUT2D eigenvalue weighted by atomic mass is 10.0. The van der Waals surface area contributed by atoms with Crippen molar-refractivity contribution in [2.75, 3.05) is 13.7 Å². The minimum atomic E-state index is -0.0881. The second-order valence-corrected chi connectivity index (χ2v) is 6.66. The average Bonchev–Trinajstić information content (AvgIpc) is 2.83. The Morgan fingerprint density at radius 2 is 2.09 bits per heavy atom. The summed E-state index contributed by atoms with van der Waals surface area (Å²) in [6, 6.07) is 11.9. The van der Waals surface area contributed by atoms with E-state index in [1.807, 2.05) is 42.5 Å². The predicted molar refractivity (Wildman–Crippen MR) is 101 cm³/mol. The Labute approximate surface area is 144 Å². The first-order chi connectivity index (χ1) is 11.2. The number of thioether (sulfide) groups is 1. The molecule has 1 amide bonds. The van der Waals surface area contributed by atoms with E-state index < -0.39 is 0 Å². The molecule has 3 nitrogen and oxygen atoms in total. The van der Waals surface area contributed by atoms with Gasteiger partial charge in [-0.05, 0) is 22.9 Å². The minimum absolute atomic E-state index is 0.0881. The lowest BCUT2D eigenvalue weighted by Crippen LogP contribution is -2.27. The van der Waals surface area contributed by atoms with Crippen LogP contribution in [0, 0.1) is 0 Å². The molecule has 5 heteroatoms. The second kappa shape index (κ2) is 6.56. The van der Waals surface area contributed by atoms with Crippen LogP contribution in [-0.2, 0) is 4.79 Å². The Kier molecular flexibility index (Phi) is 4.50. The molecule has 116 valence electrons. The number of carbonyl (C=O) groups excluding carboxylic acids is 1. The average molecular weight is 341 g/mol. The van der Waals surface area contributed by atoms with Gasteiger partial charge in [0.25, 0.3) is 5.91 Å². The van der Waals surface area contributed by atoms with Crippen molar-refractivity contribution in [3.05, 3.63) is 59.5 Å². The van der Waals surface area contributed by atoms with E-state index in [1.54, 1.807) is 18.1 Å². The number of rotatable bonds is 4. The molecule has 23 heavy (non-hydrogen) atoms. The van der Waals surface area contributed by atoms with Gasteiger partial charge < -0.3 is 4.74 Å². The lowest BCUT2D eigenvalue weighted by Gasteiger charge is -2.11. The Morgan fingerprint density at radius 1 is 1.30 bits per heavy atom. The monoisotopic (exact) mass is 341 g/mol. The van der Waals surface area contributed by atoms with Gasteiger partial charge in [-0.2, -0.15) is 0 Å². The zero-order valence-electron chi connectivity index (χ0n) is 12.6. The Morgan fingerprint density at radius 3 is 2.83 bits per heavy atom. The van der Waals surface area contributed by atoms with E-state index in [1.165, 1.54) is 11.8 Å². The van der Waals surface area contributed by atoms with Crippen molar-refractivity contribution in [2.45, 2.75) is 0 Å². The van der Waals surface area contributed by atoms with Crippen molar-refractivity contribution < 1.29 is 9.53 Å². The van der Waals surface area contributed by atoms with Crippen LogP contribution in [0.4, 0.5) is 0 Å². The van der Waals surface area contributed by atoms with E-state index in [2.05, 4.69) is 6.58 Å². The van der Waals surface area contributed by atoms with Crippen LogP contribution in [0.1, 0.15) is 5.56 Å². The van der Waals surface area contributed by atoms with Crippen LogP contribution in [0.3, 0.4) is 0 Å². The van der Waals surface area contributed by atoms with Crippen molar-refractivity contribution in [2.24, 2.45) is 0 Å². The summed E-state index contributed by atoms with van der Waals surface area (Å²) < 4.78 is 6.03. The van der Waals surface area contributed by atoms with Crippen LogP contribution in [-0.4, -0.2) is 28.8 Å².